The molecule has 3 rings (SSSR count). The van der Waals surface area contributed by atoms with Gasteiger partial charge in [-0.3, -0.25) is 0 Å². The maximum atomic E-state index is 6.08. The topological polar surface area (TPSA) is 29.3 Å². The van der Waals surface area contributed by atoms with Crippen molar-refractivity contribution in [3.05, 3.63) is 47.5 Å². The maximum Gasteiger partial charge on any atom is 0.0594 e. The molecular weight excluding hydrogens is 323 g/mol. The maximum absolute atomic E-state index is 6.08. The third-order valence-corrected chi connectivity index (χ3v) is 4.15. The quantitative estimate of drug-likeness (QED) is 0.449. The molecule has 0 unspecified atom stereocenters. The lowest BCUT2D eigenvalue weighted by atomic mass is 9.90. The molecule has 0 aliphatic carbocycles. The molecule has 1 aliphatic rings. The molecular formula is C14H13IN2. The number of nitrogens with zero attached hydrogens (tertiary/aromatic N) is 1. The van der Waals surface area contributed by atoms with Crippen molar-refractivity contribution in [2.75, 3.05) is 8.85 Å². The van der Waals surface area contributed by atoms with E-state index in [0.717, 1.165) is 12.2 Å². The zero-order valence-electron chi connectivity index (χ0n) is 9.57. The number of nitrogen functional groups attached to an aromatic ring is 1. The Bertz CT molecular complexity index is 593. The molecule has 2 N–H and O–H groups in total. The first-order chi connectivity index (χ1) is 8.18. The van der Waals surface area contributed by atoms with Gasteiger partial charge in [-0.05, 0) is 30.2 Å². The molecule has 0 fully saturated rings. The minimum absolute atomic E-state index is 0.874. The molecule has 3 heteroatoms. The van der Waals surface area contributed by atoms with E-state index in [4.69, 9.17) is 5.73 Å². The summed E-state index contributed by atoms with van der Waals surface area (Å²) in [4.78, 5) is 0. The average molecular weight is 336 g/mol. The van der Waals surface area contributed by atoms with E-state index in [2.05, 4.69) is 57.2 Å². The molecule has 2 nitrogen and oxygen atoms in total. The highest BCUT2D eigenvalue weighted by molar-refractivity contribution is 14.1. The second-order valence-electron chi connectivity index (χ2n) is 4.36. The van der Waals surface area contributed by atoms with Crippen molar-refractivity contribution >= 4 is 34.2 Å². The summed E-state index contributed by atoms with van der Waals surface area (Å²) in [6, 6.07) is 12.6. The zero-order chi connectivity index (χ0) is 12.0. The fourth-order valence-electron chi connectivity index (χ4n) is 2.44. The number of aryl methyl sites for hydroxylation is 1. The lowest BCUT2D eigenvalue weighted by Crippen LogP contribution is -2.17. The minimum atomic E-state index is 0.874. The van der Waals surface area contributed by atoms with Crippen LogP contribution in [0.25, 0.3) is 11.1 Å². The van der Waals surface area contributed by atoms with Gasteiger partial charge in [-0.2, -0.15) is 0 Å². The fraction of sp³-hybridized carbons (Fsp3) is 0.143. The highest BCUT2D eigenvalue weighted by Gasteiger charge is 2.22. The van der Waals surface area contributed by atoms with Crippen molar-refractivity contribution in [2.45, 2.75) is 13.5 Å². The summed E-state index contributed by atoms with van der Waals surface area (Å²) in [6.07, 6.45) is 0. The Labute approximate surface area is 115 Å². The van der Waals surface area contributed by atoms with Gasteiger partial charge < -0.3 is 8.85 Å². The monoisotopic (exact) mass is 336 g/mol. The average Bonchev–Trinajstić information content (AvgIpc) is 2.31. The second-order valence-corrected chi connectivity index (χ2v) is 5.53. The van der Waals surface area contributed by atoms with Crippen molar-refractivity contribution in [1.82, 2.24) is 0 Å². The van der Waals surface area contributed by atoms with Crippen molar-refractivity contribution in [2.24, 2.45) is 0 Å². The van der Waals surface area contributed by atoms with Crippen LogP contribution in [0.3, 0.4) is 0 Å². The minimum Gasteiger partial charge on any atom is -0.398 e. The van der Waals surface area contributed by atoms with Gasteiger partial charge in [-0.25, -0.2) is 0 Å². The van der Waals surface area contributed by atoms with E-state index in [0.29, 0.717) is 0 Å². The highest BCUT2D eigenvalue weighted by atomic mass is 127. The van der Waals surface area contributed by atoms with Crippen LogP contribution in [0.2, 0.25) is 0 Å². The van der Waals surface area contributed by atoms with Gasteiger partial charge >= 0.3 is 0 Å². The van der Waals surface area contributed by atoms with E-state index in [9.17, 15) is 0 Å². The number of rotatable bonds is 0. The standard InChI is InChI=1S/C14H13IN2/c1-9-4-2-7-13-14(9)10-5-3-6-12(16)11(10)8-17(13)15/h2-7H,8,16H2,1H3. The third-order valence-electron chi connectivity index (χ3n) is 3.29. The predicted molar refractivity (Wildman–Crippen MR) is 81.2 cm³/mol. The SMILES string of the molecule is Cc1cccc2c1-c1cccc(N)c1CN2I. The summed E-state index contributed by atoms with van der Waals surface area (Å²) < 4.78 is 2.23. The zero-order valence-corrected chi connectivity index (χ0v) is 11.7. The number of nitrogens with two attached hydrogens (primary N) is 1. The number of fused-ring (bicyclic) bond motifs is 3. The van der Waals surface area contributed by atoms with Crippen LogP contribution in [0.15, 0.2) is 36.4 Å². The first-order valence-electron chi connectivity index (χ1n) is 5.59. The van der Waals surface area contributed by atoms with Crippen molar-refractivity contribution in [3.63, 3.8) is 0 Å². The van der Waals surface area contributed by atoms with Gasteiger partial charge in [0.05, 0.1) is 35.1 Å². The van der Waals surface area contributed by atoms with E-state index >= 15 is 0 Å². The molecule has 2 aromatic rings. The summed E-state index contributed by atoms with van der Waals surface area (Å²) in [5, 5.41) is 0. The molecule has 0 atom stereocenters. The van der Waals surface area contributed by atoms with Crippen LogP contribution in [0.4, 0.5) is 11.4 Å². The van der Waals surface area contributed by atoms with Crippen molar-refractivity contribution in [3.8, 4) is 11.1 Å². The first kappa shape index (κ1) is 10.9. The van der Waals surface area contributed by atoms with E-state index in [-0.39, 0.29) is 0 Å². The Morgan fingerprint density at radius 1 is 1.18 bits per heavy atom. The number of halogens is 1. The van der Waals surface area contributed by atoms with Gasteiger partial charge in [0.15, 0.2) is 0 Å². The lowest BCUT2D eigenvalue weighted by Gasteiger charge is -2.29. The predicted octanol–water partition coefficient (Wildman–Crippen LogP) is 3.91. The second kappa shape index (κ2) is 3.91. The number of hydrogen-bond acceptors (Lipinski definition) is 2. The van der Waals surface area contributed by atoms with Gasteiger partial charge in [0.1, 0.15) is 0 Å². The Morgan fingerprint density at radius 2 is 1.94 bits per heavy atom. The summed E-state index contributed by atoms with van der Waals surface area (Å²) in [5.41, 5.74) is 13.4. The Kier molecular flexibility index (Phi) is 2.50. The molecule has 0 aromatic heterocycles. The van der Waals surface area contributed by atoms with Gasteiger partial charge in [0, 0.05) is 16.8 Å². The van der Waals surface area contributed by atoms with Crippen LogP contribution in [0.5, 0.6) is 0 Å². The van der Waals surface area contributed by atoms with Gasteiger partial charge in [0.2, 0.25) is 0 Å². The summed E-state index contributed by atoms with van der Waals surface area (Å²) in [5.74, 6) is 0. The number of anilines is 2. The van der Waals surface area contributed by atoms with Crippen LogP contribution >= 0.6 is 22.9 Å². The molecule has 1 aliphatic heterocycles. The van der Waals surface area contributed by atoms with Crippen LogP contribution < -0.4 is 8.85 Å². The smallest absolute Gasteiger partial charge is 0.0594 e. The molecule has 0 radical (unpaired) electrons. The fourth-order valence-corrected chi connectivity index (χ4v) is 3.19. The number of hydrogen-bond donors (Lipinski definition) is 1. The largest absolute Gasteiger partial charge is 0.398 e. The van der Waals surface area contributed by atoms with Gasteiger partial charge in [-0.1, -0.05) is 24.3 Å². The lowest BCUT2D eigenvalue weighted by molar-refractivity contribution is 1.06. The van der Waals surface area contributed by atoms with Crippen LogP contribution in [-0.4, -0.2) is 0 Å². The molecule has 0 saturated carbocycles. The Hall–Kier alpha value is -1.23. The number of benzene rings is 2. The van der Waals surface area contributed by atoms with E-state index in [1.165, 1.54) is 27.9 Å². The summed E-state index contributed by atoms with van der Waals surface area (Å²) in [6.45, 7) is 3.03. The van der Waals surface area contributed by atoms with Gasteiger partial charge in [0.25, 0.3) is 0 Å². The van der Waals surface area contributed by atoms with Crippen LogP contribution in [0, 0.1) is 6.92 Å². The van der Waals surface area contributed by atoms with E-state index in [1.807, 2.05) is 12.1 Å². The Morgan fingerprint density at radius 3 is 2.76 bits per heavy atom. The molecule has 0 spiro atoms. The molecule has 2 aromatic carbocycles. The molecule has 0 saturated heterocycles. The van der Waals surface area contributed by atoms with Crippen molar-refractivity contribution < 1.29 is 0 Å². The highest BCUT2D eigenvalue weighted by Crippen LogP contribution is 2.44. The third kappa shape index (κ3) is 1.60. The van der Waals surface area contributed by atoms with Crippen LogP contribution in [-0.2, 0) is 6.54 Å². The Balaban J connectivity index is 2.37. The summed E-state index contributed by atoms with van der Waals surface area (Å²) >= 11 is 2.36. The van der Waals surface area contributed by atoms with Crippen LogP contribution in [0.1, 0.15) is 11.1 Å². The molecule has 86 valence electrons. The van der Waals surface area contributed by atoms with E-state index in [1.54, 1.807) is 0 Å². The molecule has 0 amide bonds. The first-order valence-corrected chi connectivity index (χ1v) is 6.55. The summed E-state index contributed by atoms with van der Waals surface area (Å²) in [7, 11) is 0. The normalized spacial score (nSPS) is 13.2. The molecule has 1 heterocycles. The van der Waals surface area contributed by atoms with Gasteiger partial charge in [-0.15, -0.1) is 0 Å². The van der Waals surface area contributed by atoms with E-state index < -0.39 is 0 Å². The molecule has 17 heavy (non-hydrogen) atoms. The van der Waals surface area contributed by atoms with Crippen molar-refractivity contribution in [1.29, 1.82) is 0 Å². The molecule has 0 bridgehead atoms.